The average Bonchev–Trinajstić information content (AvgIpc) is 2.75. The summed E-state index contributed by atoms with van der Waals surface area (Å²) in [6.07, 6.45) is 0. The first-order valence-corrected chi connectivity index (χ1v) is 9.95. The van der Waals surface area contributed by atoms with Gasteiger partial charge in [-0.15, -0.1) is 0 Å². The number of nitrogens with one attached hydrogen (secondary N) is 1. The van der Waals surface area contributed by atoms with E-state index in [2.05, 4.69) is 5.32 Å². The number of nitrogens with zero attached hydrogens (tertiary/aromatic N) is 1. The lowest BCUT2D eigenvalue weighted by molar-refractivity contribution is -0.124. The number of hydrogen-bond donors (Lipinski definition) is 1. The van der Waals surface area contributed by atoms with Crippen LogP contribution in [0.1, 0.15) is 16.8 Å². The van der Waals surface area contributed by atoms with Crippen LogP contribution in [0.4, 0.5) is 8.78 Å². The topological polar surface area (TPSA) is 69.6 Å². The zero-order valence-electron chi connectivity index (χ0n) is 18.1. The number of rotatable bonds is 8. The van der Waals surface area contributed by atoms with E-state index in [9.17, 15) is 18.4 Å². The number of carbonyl (C=O) groups is 1. The molecule has 1 heterocycles. The van der Waals surface area contributed by atoms with Crippen LogP contribution >= 0.6 is 0 Å². The molecule has 0 aliphatic rings. The monoisotopic (exact) mass is 440 g/mol. The fourth-order valence-corrected chi connectivity index (χ4v) is 3.25. The minimum Gasteiger partial charge on any atom is -0.489 e. The van der Waals surface area contributed by atoms with E-state index in [4.69, 9.17) is 9.47 Å². The summed E-state index contributed by atoms with van der Waals surface area (Å²) < 4.78 is 39.0. The van der Waals surface area contributed by atoms with Crippen molar-refractivity contribution in [2.75, 3.05) is 13.7 Å². The number of pyridine rings is 1. The number of aromatic nitrogens is 1. The molecule has 1 amide bonds. The molecule has 9 heteroatoms. The van der Waals surface area contributed by atoms with Crippen LogP contribution < -0.4 is 21.1 Å². The number of methoxy groups -OCH3 is 1. The van der Waals surface area contributed by atoms with Gasteiger partial charge in [0, 0.05) is 42.1 Å². The van der Waals surface area contributed by atoms with Gasteiger partial charge in [0.25, 0.3) is 5.56 Å². The zero-order valence-corrected chi connectivity index (χ0v) is 18.1. The summed E-state index contributed by atoms with van der Waals surface area (Å²) in [7, 11) is 3.07. The first-order chi connectivity index (χ1) is 15.3. The van der Waals surface area contributed by atoms with Crippen molar-refractivity contribution < 1.29 is 23.0 Å². The van der Waals surface area contributed by atoms with E-state index in [0.717, 1.165) is 17.7 Å². The van der Waals surface area contributed by atoms with E-state index < -0.39 is 11.6 Å². The Morgan fingerprint density at radius 3 is 2.66 bits per heavy atom. The van der Waals surface area contributed by atoms with E-state index in [1.165, 1.54) is 13.2 Å². The van der Waals surface area contributed by atoms with Crippen LogP contribution in [-0.2, 0) is 22.7 Å². The minimum absolute atomic E-state index is 0.0270. The largest absolute Gasteiger partial charge is 0.489 e. The Kier molecular flexibility index (Phi) is 7.43. The zero-order chi connectivity index (χ0) is 23.3. The molecule has 0 saturated heterocycles. The molecule has 0 unspecified atom stereocenters. The first-order valence-electron chi connectivity index (χ1n) is 9.95. The molecule has 0 fully saturated rings. The number of ether oxygens (including phenoxy) is 2. The highest BCUT2D eigenvalue weighted by Crippen LogP contribution is 2.17. The van der Waals surface area contributed by atoms with Crippen LogP contribution in [0.3, 0.4) is 0 Å². The Hall–Kier alpha value is -3.46. The Balaban J connectivity index is 1.83. The summed E-state index contributed by atoms with van der Waals surface area (Å²) >= 11 is 0. The predicted octanol–water partition coefficient (Wildman–Crippen LogP) is 1.52. The maximum absolute atomic E-state index is 13.9. The highest BCUT2D eigenvalue weighted by molar-refractivity contribution is 6.34. The molecule has 1 aromatic heterocycles. The van der Waals surface area contributed by atoms with Crippen LogP contribution in [0.25, 0.3) is 5.69 Å². The Morgan fingerprint density at radius 1 is 1.16 bits per heavy atom. The van der Waals surface area contributed by atoms with Crippen LogP contribution in [0.5, 0.6) is 5.75 Å². The summed E-state index contributed by atoms with van der Waals surface area (Å²) in [6, 6.07) is 12.2. The lowest BCUT2D eigenvalue weighted by Crippen LogP contribution is -2.36. The van der Waals surface area contributed by atoms with Gasteiger partial charge in [0.05, 0.1) is 0 Å². The fraction of sp³-hybridized carbons (Fsp3) is 0.217. The van der Waals surface area contributed by atoms with Gasteiger partial charge < -0.3 is 14.8 Å². The number of carbonyl (C=O) groups excluding carboxylic acids is 1. The molecule has 0 aliphatic carbocycles. The van der Waals surface area contributed by atoms with E-state index in [1.807, 2.05) is 12.1 Å². The van der Waals surface area contributed by atoms with Crippen LogP contribution in [-0.4, -0.2) is 32.0 Å². The van der Waals surface area contributed by atoms with Gasteiger partial charge in [0.2, 0.25) is 5.91 Å². The van der Waals surface area contributed by atoms with Crippen molar-refractivity contribution in [3.63, 3.8) is 0 Å². The molecule has 0 radical (unpaired) electrons. The van der Waals surface area contributed by atoms with Gasteiger partial charge in [0.15, 0.2) is 7.85 Å². The molecule has 0 aliphatic heterocycles. The summed E-state index contributed by atoms with van der Waals surface area (Å²) in [6.45, 7) is 1.90. The molecule has 2 aromatic carbocycles. The predicted molar refractivity (Wildman–Crippen MR) is 119 cm³/mol. The molecular formula is C23H23BF2N2O4. The van der Waals surface area contributed by atoms with Crippen molar-refractivity contribution in [2.24, 2.45) is 0 Å². The van der Waals surface area contributed by atoms with E-state index in [0.29, 0.717) is 29.1 Å². The molecule has 3 rings (SSSR count). The first kappa shape index (κ1) is 23.2. The standard InChI is InChI=1S/C23H23BF2N2O4/c1-14-8-20(32-12-16-6-7-17(25)10-19(16)26)22(24)23(30)28(14)18-5-3-4-15(9-18)11-27-21(29)13-31-2/h3-10H,11-13,24H2,1-2H3,(H,27,29). The van der Waals surface area contributed by atoms with Gasteiger partial charge in [0.1, 0.15) is 30.6 Å². The third-order valence-corrected chi connectivity index (χ3v) is 4.92. The van der Waals surface area contributed by atoms with Crippen LogP contribution in [0, 0.1) is 18.6 Å². The number of benzene rings is 2. The fourth-order valence-electron chi connectivity index (χ4n) is 3.25. The number of halogens is 2. The smallest absolute Gasteiger partial charge is 0.252 e. The Bertz CT molecular complexity index is 1200. The van der Waals surface area contributed by atoms with Crippen LogP contribution in [0.15, 0.2) is 53.3 Å². The van der Waals surface area contributed by atoms with Gasteiger partial charge >= 0.3 is 0 Å². The van der Waals surface area contributed by atoms with Gasteiger partial charge in [-0.2, -0.15) is 0 Å². The van der Waals surface area contributed by atoms with Crippen molar-refractivity contribution in [3.8, 4) is 11.4 Å². The molecule has 1 N–H and O–H groups in total. The van der Waals surface area contributed by atoms with E-state index in [1.54, 1.807) is 37.5 Å². The maximum Gasteiger partial charge on any atom is 0.252 e. The SMILES string of the molecule is Bc1c(OCc2ccc(F)cc2F)cc(C)n(-c2cccc(CNC(=O)COC)c2)c1=O. The summed E-state index contributed by atoms with van der Waals surface area (Å²) in [5.74, 6) is -1.28. The second-order valence-corrected chi connectivity index (χ2v) is 7.32. The molecule has 3 aromatic rings. The van der Waals surface area contributed by atoms with Crippen molar-refractivity contribution in [1.82, 2.24) is 9.88 Å². The molecule has 0 bridgehead atoms. The third kappa shape index (κ3) is 5.42. The van der Waals surface area contributed by atoms with Gasteiger partial charge in [-0.25, -0.2) is 8.78 Å². The second-order valence-electron chi connectivity index (χ2n) is 7.32. The van der Waals surface area contributed by atoms with Crippen LogP contribution in [0.2, 0.25) is 0 Å². The van der Waals surface area contributed by atoms with Crippen molar-refractivity contribution >= 4 is 19.2 Å². The minimum atomic E-state index is -0.706. The number of amides is 1. The second kappa shape index (κ2) is 10.2. The Morgan fingerprint density at radius 2 is 1.94 bits per heavy atom. The third-order valence-electron chi connectivity index (χ3n) is 4.92. The molecule has 0 saturated carbocycles. The summed E-state index contributed by atoms with van der Waals surface area (Å²) in [5.41, 5.74) is 2.36. The highest BCUT2D eigenvalue weighted by Gasteiger charge is 2.14. The quantitative estimate of drug-likeness (QED) is 0.540. The molecule has 166 valence electrons. The van der Waals surface area contributed by atoms with Gasteiger partial charge in [-0.05, 0) is 42.8 Å². The molecule has 32 heavy (non-hydrogen) atoms. The lowest BCUT2D eigenvalue weighted by Gasteiger charge is -2.16. The van der Waals surface area contributed by atoms with Gasteiger partial charge in [-0.3, -0.25) is 14.2 Å². The van der Waals surface area contributed by atoms with E-state index >= 15 is 0 Å². The summed E-state index contributed by atoms with van der Waals surface area (Å²) in [4.78, 5) is 24.7. The van der Waals surface area contributed by atoms with E-state index in [-0.39, 0.29) is 30.2 Å². The average molecular weight is 440 g/mol. The molecule has 0 atom stereocenters. The van der Waals surface area contributed by atoms with Crippen molar-refractivity contribution in [1.29, 1.82) is 0 Å². The Labute approximate surface area is 185 Å². The normalized spacial score (nSPS) is 10.8. The molecule has 6 nitrogen and oxygen atoms in total. The molecule has 0 spiro atoms. The number of hydrogen-bond acceptors (Lipinski definition) is 4. The highest BCUT2D eigenvalue weighted by atomic mass is 19.1. The maximum atomic E-state index is 13.9. The van der Waals surface area contributed by atoms with Gasteiger partial charge in [-0.1, -0.05) is 12.1 Å². The van der Waals surface area contributed by atoms with Crippen molar-refractivity contribution in [3.05, 3.63) is 87.3 Å². The molecular weight excluding hydrogens is 417 g/mol. The lowest BCUT2D eigenvalue weighted by atomic mass is 9.96. The number of aryl methyl sites for hydroxylation is 1. The van der Waals surface area contributed by atoms with Crippen molar-refractivity contribution in [2.45, 2.75) is 20.1 Å². The summed E-state index contributed by atoms with van der Waals surface area (Å²) in [5, 5.41) is 2.74.